The van der Waals surface area contributed by atoms with Crippen LogP contribution in [0.15, 0.2) is 24.3 Å². The fourth-order valence-electron chi connectivity index (χ4n) is 2.79. The van der Waals surface area contributed by atoms with Gasteiger partial charge in [-0.05, 0) is 38.0 Å². The largest absolute Gasteiger partial charge is 0.493 e. The number of rotatable bonds is 9. The van der Waals surface area contributed by atoms with Gasteiger partial charge < -0.3 is 19.7 Å². The first kappa shape index (κ1) is 20.5. The van der Waals surface area contributed by atoms with E-state index in [1.165, 1.54) is 0 Å². The van der Waals surface area contributed by atoms with Crippen molar-refractivity contribution < 1.29 is 14.3 Å². The Morgan fingerprint density at radius 2 is 1.70 bits per heavy atom. The van der Waals surface area contributed by atoms with Crippen LogP contribution in [-0.2, 0) is 0 Å². The summed E-state index contributed by atoms with van der Waals surface area (Å²) in [5.74, 6) is 1.54. The molecule has 146 valence electrons. The summed E-state index contributed by atoms with van der Waals surface area (Å²) in [5, 5.41) is 3.14. The molecular formula is C20H28N4O3. The number of nitrogens with zero attached hydrogens (tertiary/aromatic N) is 3. The van der Waals surface area contributed by atoms with Gasteiger partial charge in [0.25, 0.3) is 5.91 Å². The number of benzene rings is 1. The zero-order valence-electron chi connectivity index (χ0n) is 16.7. The summed E-state index contributed by atoms with van der Waals surface area (Å²) < 4.78 is 10.6. The zero-order valence-corrected chi connectivity index (χ0v) is 16.7. The normalized spacial score (nSPS) is 10.4. The fourth-order valence-corrected chi connectivity index (χ4v) is 2.79. The molecule has 2 aromatic rings. The van der Waals surface area contributed by atoms with Crippen molar-refractivity contribution >= 4 is 17.5 Å². The number of hydrogen-bond donors (Lipinski definition) is 1. The third-order valence-corrected chi connectivity index (χ3v) is 3.99. The second-order valence-corrected chi connectivity index (χ2v) is 6.21. The number of anilines is 2. The summed E-state index contributed by atoms with van der Waals surface area (Å²) in [6, 6.07) is 7.16. The Balaban J connectivity index is 2.28. The van der Waals surface area contributed by atoms with E-state index in [0.717, 1.165) is 24.2 Å². The highest BCUT2D eigenvalue weighted by molar-refractivity contribution is 5.92. The van der Waals surface area contributed by atoms with Crippen molar-refractivity contribution in [3.8, 4) is 11.5 Å². The molecule has 0 bridgehead atoms. The Morgan fingerprint density at radius 1 is 1.04 bits per heavy atom. The zero-order chi connectivity index (χ0) is 19.8. The highest BCUT2D eigenvalue weighted by atomic mass is 16.5. The number of hydrogen-bond acceptors (Lipinski definition) is 6. The van der Waals surface area contributed by atoms with Gasteiger partial charge in [-0.15, -0.1) is 0 Å². The van der Waals surface area contributed by atoms with Gasteiger partial charge in [-0.25, -0.2) is 9.97 Å². The molecule has 0 aliphatic rings. The van der Waals surface area contributed by atoms with Crippen LogP contribution in [0.3, 0.4) is 0 Å². The minimum Gasteiger partial charge on any atom is -0.493 e. The van der Waals surface area contributed by atoms with Crippen LogP contribution in [0.5, 0.6) is 11.5 Å². The molecule has 0 spiro atoms. The van der Waals surface area contributed by atoms with Crippen molar-refractivity contribution in [1.29, 1.82) is 0 Å². The van der Waals surface area contributed by atoms with E-state index in [1.807, 2.05) is 17.9 Å². The standard InChI is InChI=1S/C20H28N4O3/c1-6-10-24(11-7-2)19(25)16-12-14(3)21-20(23-16)22-15-8-9-17(26-4)18(13-15)27-5/h8-9,12-13H,6-7,10-11H2,1-5H3,(H,21,22,23). The minimum absolute atomic E-state index is 0.0699. The Hall–Kier alpha value is -2.83. The molecule has 2 rings (SSSR count). The molecule has 0 saturated heterocycles. The lowest BCUT2D eigenvalue weighted by atomic mass is 10.2. The summed E-state index contributed by atoms with van der Waals surface area (Å²) in [6.45, 7) is 7.40. The Morgan fingerprint density at radius 3 is 2.30 bits per heavy atom. The predicted octanol–water partition coefficient (Wildman–Crippen LogP) is 3.81. The SMILES string of the molecule is CCCN(CCC)C(=O)c1cc(C)nc(Nc2ccc(OC)c(OC)c2)n1. The van der Waals surface area contributed by atoms with Gasteiger partial charge in [-0.1, -0.05) is 13.8 Å². The first-order valence-corrected chi connectivity index (χ1v) is 9.16. The van der Waals surface area contributed by atoms with Crippen LogP contribution in [0.25, 0.3) is 0 Å². The molecule has 1 aromatic heterocycles. The molecule has 0 fully saturated rings. The van der Waals surface area contributed by atoms with Crippen molar-refractivity contribution in [2.75, 3.05) is 32.6 Å². The molecule has 7 heteroatoms. The second-order valence-electron chi connectivity index (χ2n) is 6.21. The van der Waals surface area contributed by atoms with Crippen LogP contribution in [0.4, 0.5) is 11.6 Å². The summed E-state index contributed by atoms with van der Waals surface area (Å²) in [4.78, 5) is 23.5. The number of carbonyl (C=O) groups excluding carboxylic acids is 1. The van der Waals surface area contributed by atoms with E-state index in [2.05, 4.69) is 29.1 Å². The molecule has 0 aliphatic heterocycles. The number of nitrogens with one attached hydrogen (secondary N) is 1. The molecule has 0 saturated carbocycles. The lowest BCUT2D eigenvalue weighted by Gasteiger charge is -2.21. The van der Waals surface area contributed by atoms with Gasteiger partial charge in [0.2, 0.25) is 5.95 Å². The van der Waals surface area contributed by atoms with Gasteiger partial charge in [-0.3, -0.25) is 4.79 Å². The van der Waals surface area contributed by atoms with Gasteiger partial charge in [0.05, 0.1) is 14.2 Å². The van der Waals surface area contributed by atoms with Crippen LogP contribution in [0.2, 0.25) is 0 Å². The van der Waals surface area contributed by atoms with Crippen LogP contribution < -0.4 is 14.8 Å². The smallest absolute Gasteiger partial charge is 0.272 e. The molecule has 0 aliphatic carbocycles. The third-order valence-electron chi connectivity index (χ3n) is 3.99. The Bertz CT molecular complexity index is 774. The molecule has 1 amide bonds. The van der Waals surface area contributed by atoms with Gasteiger partial charge in [0, 0.05) is 30.5 Å². The summed E-state index contributed by atoms with van der Waals surface area (Å²) in [5.41, 5.74) is 1.87. The lowest BCUT2D eigenvalue weighted by molar-refractivity contribution is 0.0749. The highest BCUT2D eigenvalue weighted by Crippen LogP contribution is 2.30. The van der Waals surface area contributed by atoms with E-state index in [-0.39, 0.29) is 5.91 Å². The van der Waals surface area contributed by atoms with Crippen molar-refractivity contribution in [2.24, 2.45) is 0 Å². The Kier molecular flexibility index (Phi) is 7.40. The van der Waals surface area contributed by atoms with Gasteiger partial charge in [-0.2, -0.15) is 0 Å². The number of amides is 1. The van der Waals surface area contributed by atoms with E-state index in [9.17, 15) is 4.79 Å². The number of aromatic nitrogens is 2. The maximum atomic E-state index is 12.8. The average molecular weight is 372 g/mol. The van der Waals surface area contributed by atoms with Gasteiger partial charge in [0.1, 0.15) is 5.69 Å². The Labute approximate surface area is 160 Å². The molecular weight excluding hydrogens is 344 g/mol. The monoisotopic (exact) mass is 372 g/mol. The number of carbonyl (C=O) groups is 1. The topological polar surface area (TPSA) is 76.6 Å². The van der Waals surface area contributed by atoms with E-state index >= 15 is 0 Å². The summed E-state index contributed by atoms with van der Waals surface area (Å²) in [7, 11) is 3.17. The predicted molar refractivity (Wildman–Crippen MR) is 106 cm³/mol. The van der Waals surface area contributed by atoms with Crippen molar-refractivity contribution in [3.05, 3.63) is 35.7 Å². The number of ether oxygens (including phenoxy) is 2. The lowest BCUT2D eigenvalue weighted by Crippen LogP contribution is -2.33. The van der Waals surface area contributed by atoms with Gasteiger partial charge >= 0.3 is 0 Å². The summed E-state index contributed by atoms with van der Waals surface area (Å²) >= 11 is 0. The van der Waals surface area contributed by atoms with Crippen LogP contribution in [0.1, 0.15) is 42.9 Å². The van der Waals surface area contributed by atoms with E-state index in [4.69, 9.17) is 9.47 Å². The van der Waals surface area contributed by atoms with Crippen LogP contribution in [-0.4, -0.2) is 48.1 Å². The minimum atomic E-state index is -0.0699. The van der Waals surface area contributed by atoms with E-state index in [0.29, 0.717) is 36.2 Å². The number of methoxy groups -OCH3 is 2. The average Bonchev–Trinajstić information content (AvgIpc) is 2.66. The molecule has 1 aromatic carbocycles. The molecule has 1 heterocycles. The van der Waals surface area contributed by atoms with Gasteiger partial charge in [0.15, 0.2) is 11.5 Å². The molecule has 0 radical (unpaired) electrons. The second kappa shape index (κ2) is 9.75. The fraction of sp³-hybridized carbons (Fsp3) is 0.450. The maximum Gasteiger partial charge on any atom is 0.272 e. The molecule has 0 atom stereocenters. The molecule has 7 nitrogen and oxygen atoms in total. The van der Waals surface area contributed by atoms with Crippen molar-refractivity contribution in [3.63, 3.8) is 0 Å². The first-order chi connectivity index (χ1) is 13.0. The van der Waals surface area contributed by atoms with Crippen molar-refractivity contribution in [2.45, 2.75) is 33.6 Å². The molecule has 0 unspecified atom stereocenters. The molecule has 1 N–H and O–H groups in total. The van der Waals surface area contributed by atoms with Crippen molar-refractivity contribution in [1.82, 2.24) is 14.9 Å². The highest BCUT2D eigenvalue weighted by Gasteiger charge is 2.17. The van der Waals surface area contributed by atoms with E-state index < -0.39 is 0 Å². The van der Waals surface area contributed by atoms with Crippen LogP contribution >= 0.6 is 0 Å². The van der Waals surface area contributed by atoms with Crippen LogP contribution in [0, 0.1) is 6.92 Å². The maximum absolute atomic E-state index is 12.8. The molecule has 27 heavy (non-hydrogen) atoms. The summed E-state index contributed by atoms with van der Waals surface area (Å²) in [6.07, 6.45) is 1.82. The number of aryl methyl sites for hydroxylation is 1. The van der Waals surface area contributed by atoms with E-state index in [1.54, 1.807) is 32.4 Å². The quantitative estimate of drug-likeness (QED) is 0.721. The first-order valence-electron chi connectivity index (χ1n) is 9.16. The third kappa shape index (κ3) is 5.32.